The van der Waals surface area contributed by atoms with Gasteiger partial charge in [0.05, 0.1) is 15.5 Å². The molecule has 0 aliphatic rings. The van der Waals surface area contributed by atoms with Crippen molar-refractivity contribution in [1.29, 1.82) is 0 Å². The highest BCUT2D eigenvalue weighted by molar-refractivity contribution is 7.92. The van der Waals surface area contributed by atoms with Crippen LogP contribution in [0.3, 0.4) is 0 Å². The van der Waals surface area contributed by atoms with E-state index < -0.39 is 27.4 Å². The number of anilines is 3. The van der Waals surface area contributed by atoms with Gasteiger partial charge in [0.15, 0.2) is 0 Å². The number of hydrogen-bond acceptors (Lipinski definition) is 6. The molecule has 0 saturated heterocycles. The molecule has 2 N–H and O–H groups in total. The van der Waals surface area contributed by atoms with Crippen molar-refractivity contribution in [2.24, 2.45) is 0 Å². The molecular formula is C22H20N4O6S. The lowest BCUT2D eigenvalue weighted by Gasteiger charge is -2.24. The summed E-state index contributed by atoms with van der Waals surface area (Å²) in [5.74, 6) is -0.904. The Balaban J connectivity index is 1.90. The molecule has 3 rings (SSSR count). The first-order chi connectivity index (χ1) is 15.7. The number of hydrogen-bond donors (Lipinski definition) is 2. The summed E-state index contributed by atoms with van der Waals surface area (Å²) in [6, 6.07) is 18.8. The number of rotatable bonds is 8. The molecule has 0 aromatic heterocycles. The number of benzene rings is 3. The first-order valence-corrected chi connectivity index (χ1v) is 11.1. The maximum absolute atomic E-state index is 13.3. The summed E-state index contributed by atoms with van der Waals surface area (Å²) in [6.07, 6.45) is 0. The highest BCUT2D eigenvalue weighted by Gasteiger charge is 2.28. The third kappa shape index (κ3) is 5.92. The van der Waals surface area contributed by atoms with Gasteiger partial charge in [-0.3, -0.25) is 24.0 Å². The van der Waals surface area contributed by atoms with Crippen molar-refractivity contribution in [1.82, 2.24) is 0 Å². The lowest BCUT2D eigenvalue weighted by molar-refractivity contribution is -0.384. The van der Waals surface area contributed by atoms with Crippen LogP contribution in [0, 0.1) is 10.1 Å². The van der Waals surface area contributed by atoms with E-state index in [1.165, 1.54) is 49.4 Å². The largest absolute Gasteiger partial charge is 0.326 e. The van der Waals surface area contributed by atoms with Gasteiger partial charge in [-0.25, -0.2) is 8.42 Å². The molecule has 0 aliphatic heterocycles. The van der Waals surface area contributed by atoms with Crippen LogP contribution in [0.5, 0.6) is 0 Å². The highest BCUT2D eigenvalue weighted by Crippen LogP contribution is 2.27. The van der Waals surface area contributed by atoms with E-state index in [1.807, 2.05) is 0 Å². The van der Waals surface area contributed by atoms with Crippen LogP contribution in [0.2, 0.25) is 0 Å². The van der Waals surface area contributed by atoms with Crippen molar-refractivity contribution >= 4 is 44.6 Å². The van der Waals surface area contributed by atoms with Crippen molar-refractivity contribution < 1.29 is 22.9 Å². The summed E-state index contributed by atoms with van der Waals surface area (Å²) in [6.45, 7) is 0.747. The van der Waals surface area contributed by atoms with Crippen molar-refractivity contribution in [3.63, 3.8) is 0 Å². The van der Waals surface area contributed by atoms with Crippen LogP contribution in [0.15, 0.2) is 83.8 Å². The summed E-state index contributed by atoms with van der Waals surface area (Å²) < 4.78 is 27.4. The second-order valence-corrected chi connectivity index (χ2v) is 8.77. The number of nitrogens with zero attached hydrogens (tertiary/aromatic N) is 2. The van der Waals surface area contributed by atoms with Crippen LogP contribution in [0.1, 0.15) is 6.92 Å². The Kier molecular flexibility index (Phi) is 7.04. The molecule has 3 aromatic carbocycles. The van der Waals surface area contributed by atoms with Gasteiger partial charge in [-0.05, 0) is 42.5 Å². The van der Waals surface area contributed by atoms with Crippen LogP contribution in [-0.4, -0.2) is 31.7 Å². The Morgan fingerprint density at radius 3 is 2.09 bits per heavy atom. The lowest BCUT2D eigenvalue weighted by atomic mass is 10.2. The fraction of sp³-hybridized carbons (Fsp3) is 0.0909. The summed E-state index contributed by atoms with van der Waals surface area (Å²) >= 11 is 0. The first-order valence-electron chi connectivity index (χ1n) is 9.66. The van der Waals surface area contributed by atoms with Gasteiger partial charge in [-0.15, -0.1) is 0 Å². The lowest BCUT2D eigenvalue weighted by Crippen LogP contribution is -2.38. The molecule has 3 aromatic rings. The van der Waals surface area contributed by atoms with Crippen molar-refractivity contribution in [3.05, 3.63) is 89.0 Å². The van der Waals surface area contributed by atoms with Crippen LogP contribution >= 0.6 is 0 Å². The molecule has 0 fully saturated rings. The topological polar surface area (TPSA) is 139 Å². The molecule has 10 nitrogen and oxygen atoms in total. The number of carbonyl (C=O) groups excluding carboxylic acids is 2. The summed E-state index contributed by atoms with van der Waals surface area (Å²) in [7, 11) is -4.20. The van der Waals surface area contributed by atoms with Crippen molar-refractivity contribution in [2.75, 3.05) is 21.5 Å². The minimum Gasteiger partial charge on any atom is -0.326 e. The van der Waals surface area contributed by atoms with Gasteiger partial charge in [-0.2, -0.15) is 0 Å². The van der Waals surface area contributed by atoms with Crippen molar-refractivity contribution in [3.8, 4) is 0 Å². The third-order valence-electron chi connectivity index (χ3n) is 4.44. The molecule has 0 radical (unpaired) electrons. The van der Waals surface area contributed by atoms with Gasteiger partial charge in [-0.1, -0.05) is 24.3 Å². The zero-order valence-corrected chi connectivity index (χ0v) is 18.3. The number of sulfonamides is 1. The normalized spacial score (nSPS) is 10.8. The maximum atomic E-state index is 13.3. The van der Waals surface area contributed by atoms with Gasteiger partial charge in [0.25, 0.3) is 15.7 Å². The van der Waals surface area contributed by atoms with Crippen LogP contribution in [0.25, 0.3) is 0 Å². The average Bonchev–Trinajstić information content (AvgIpc) is 2.79. The molecule has 0 bridgehead atoms. The maximum Gasteiger partial charge on any atom is 0.271 e. The molecular weight excluding hydrogens is 448 g/mol. The first kappa shape index (κ1) is 23.4. The molecule has 0 spiro atoms. The van der Waals surface area contributed by atoms with E-state index in [1.54, 1.807) is 30.3 Å². The second-order valence-electron chi connectivity index (χ2n) is 6.91. The standard InChI is InChI=1S/C22H20N4O6S/c1-16(27)23-17-10-12-18(13-11-17)24-22(28)15-25(19-6-5-7-20(14-19)26(29)30)33(31,32)21-8-3-2-4-9-21/h2-14H,15H2,1H3,(H,23,27)(H,24,28). The zero-order valence-electron chi connectivity index (χ0n) is 17.5. The number of nitro groups is 1. The molecule has 0 atom stereocenters. The third-order valence-corrected chi connectivity index (χ3v) is 6.22. The van der Waals surface area contributed by atoms with Crippen molar-refractivity contribution in [2.45, 2.75) is 11.8 Å². The van der Waals surface area contributed by atoms with Crippen LogP contribution in [-0.2, 0) is 19.6 Å². The van der Waals surface area contributed by atoms with E-state index in [2.05, 4.69) is 10.6 Å². The van der Waals surface area contributed by atoms with E-state index in [4.69, 9.17) is 0 Å². The Labute approximate surface area is 190 Å². The fourth-order valence-electron chi connectivity index (χ4n) is 2.97. The number of non-ortho nitro benzene ring substituents is 1. The quantitative estimate of drug-likeness (QED) is 0.384. The molecule has 0 heterocycles. The predicted octanol–water partition coefficient (Wildman–Crippen LogP) is 3.39. The van der Waals surface area contributed by atoms with E-state index in [0.29, 0.717) is 11.4 Å². The Morgan fingerprint density at radius 2 is 1.52 bits per heavy atom. The zero-order chi connectivity index (χ0) is 24.0. The molecule has 170 valence electrons. The van der Waals surface area contributed by atoms with Crippen LogP contribution in [0.4, 0.5) is 22.7 Å². The van der Waals surface area contributed by atoms with E-state index in [0.717, 1.165) is 10.4 Å². The Hall–Kier alpha value is -4.25. The molecule has 11 heteroatoms. The van der Waals surface area contributed by atoms with E-state index in [-0.39, 0.29) is 22.2 Å². The van der Waals surface area contributed by atoms with Gasteiger partial charge in [0, 0.05) is 30.4 Å². The summed E-state index contributed by atoms with van der Waals surface area (Å²) in [5, 5.41) is 16.4. The Morgan fingerprint density at radius 1 is 0.909 bits per heavy atom. The molecule has 33 heavy (non-hydrogen) atoms. The minimum absolute atomic E-state index is 0.0239. The average molecular weight is 468 g/mol. The predicted molar refractivity (Wildman–Crippen MR) is 123 cm³/mol. The van der Waals surface area contributed by atoms with Gasteiger partial charge in [0.1, 0.15) is 6.54 Å². The van der Waals surface area contributed by atoms with Gasteiger partial charge >= 0.3 is 0 Å². The number of nitro benzene ring substituents is 1. The van der Waals surface area contributed by atoms with Gasteiger partial charge < -0.3 is 10.6 Å². The SMILES string of the molecule is CC(=O)Nc1ccc(NC(=O)CN(c2cccc([N+](=O)[O-])c2)S(=O)(=O)c2ccccc2)cc1. The molecule has 0 aliphatic carbocycles. The fourth-order valence-corrected chi connectivity index (χ4v) is 4.40. The molecule has 2 amide bonds. The van der Waals surface area contributed by atoms with E-state index >= 15 is 0 Å². The molecule has 0 unspecified atom stereocenters. The minimum atomic E-state index is -4.20. The number of carbonyl (C=O) groups is 2. The van der Waals surface area contributed by atoms with Gasteiger partial charge in [0.2, 0.25) is 11.8 Å². The Bertz CT molecular complexity index is 1280. The van der Waals surface area contributed by atoms with Crippen LogP contribution < -0.4 is 14.9 Å². The monoisotopic (exact) mass is 468 g/mol. The molecule has 0 saturated carbocycles. The summed E-state index contributed by atoms with van der Waals surface area (Å²) in [4.78, 5) is 34.3. The highest BCUT2D eigenvalue weighted by atomic mass is 32.2. The number of amides is 2. The smallest absolute Gasteiger partial charge is 0.271 e. The summed E-state index contributed by atoms with van der Waals surface area (Å²) in [5.41, 5.74) is 0.578. The number of nitrogens with one attached hydrogen (secondary N) is 2. The van der Waals surface area contributed by atoms with E-state index in [9.17, 15) is 28.1 Å². The second kappa shape index (κ2) is 9.92.